The molecule has 3 heteroatoms. The van der Waals surface area contributed by atoms with Gasteiger partial charge in [-0.05, 0) is 0 Å². The van der Waals surface area contributed by atoms with E-state index in [0.29, 0.717) is 0 Å². The Balaban J connectivity index is 1.75. The van der Waals surface area contributed by atoms with Crippen molar-refractivity contribution in [3.63, 3.8) is 0 Å². The topological polar surface area (TPSA) is 26.0 Å². The molecule has 0 saturated heterocycles. The number of benzene rings is 3. The number of aromatic nitrogens is 1. The number of rotatable bonds is 3. The quantitative estimate of drug-likeness (QED) is 0.264. The molecule has 0 saturated carbocycles. The maximum atomic E-state index is 8.38. The van der Waals surface area contributed by atoms with Crippen LogP contribution in [0.3, 0.4) is 0 Å². The number of fused-ring (bicyclic) bond motifs is 4. The van der Waals surface area contributed by atoms with Crippen molar-refractivity contribution < 1.29 is 5.79 Å². The second-order valence-electron chi connectivity index (χ2n) is 9.37. The molecule has 0 aliphatic carbocycles. The standard InChI is InChI=1S/C27H27GeNO/c1-17(2)18-11-12-29-25(15-18)23-8-6-7-22-24-14-20-13-21(28(3,4)5)10-9-19(20)16-26(24)30-27(22)23/h6-17H,1-5H3/i17D. The van der Waals surface area contributed by atoms with Gasteiger partial charge in [0, 0.05) is 1.37 Å². The van der Waals surface area contributed by atoms with Gasteiger partial charge in [-0.1, -0.05) is 13.8 Å². The van der Waals surface area contributed by atoms with Crippen molar-refractivity contribution in [3.8, 4) is 11.3 Å². The zero-order chi connectivity index (χ0) is 22.0. The Bertz CT molecular complexity index is 1450. The summed E-state index contributed by atoms with van der Waals surface area (Å²) in [7, 11) is 0. The summed E-state index contributed by atoms with van der Waals surface area (Å²) >= 11 is -1.90. The average molecular weight is 455 g/mol. The normalized spacial score (nSPS) is 13.3. The van der Waals surface area contributed by atoms with Crippen LogP contribution in [-0.4, -0.2) is 18.3 Å². The van der Waals surface area contributed by atoms with Gasteiger partial charge >= 0.3 is 167 Å². The second-order valence-corrected chi connectivity index (χ2v) is 20.0. The molecule has 0 radical (unpaired) electrons. The molecular formula is C27H27GeNO. The van der Waals surface area contributed by atoms with E-state index in [1.807, 2.05) is 26.0 Å². The van der Waals surface area contributed by atoms with E-state index in [2.05, 4.69) is 70.8 Å². The third-order valence-electron chi connectivity index (χ3n) is 5.94. The Hall–Kier alpha value is -2.59. The molecule has 0 amide bonds. The zero-order valence-electron chi connectivity index (χ0n) is 19.2. The molecule has 30 heavy (non-hydrogen) atoms. The molecule has 0 spiro atoms. The van der Waals surface area contributed by atoms with Crippen LogP contribution in [0.15, 0.2) is 71.3 Å². The number of nitrogens with zero attached hydrogens (tertiary/aromatic N) is 1. The maximum absolute atomic E-state index is 8.38. The fourth-order valence-corrected chi connectivity index (χ4v) is 6.56. The summed E-state index contributed by atoms with van der Waals surface area (Å²) < 4.78 is 16.3. The molecule has 0 aliphatic rings. The van der Waals surface area contributed by atoms with E-state index in [1.54, 1.807) is 6.20 Å². The number of hydrogen-bond donors (Lipinski definition) is 0. The van der Waals surface area contributed by atoms with Crippen molar-refractivity contribution >= 4 is 50.4 Å². The van der Waals surface area contributed by atoms with Crippen molar-refractivity contribution in [2.24, 2.45) is 0 Å². The van der Waals surface area contributed by atoms with Crippen molar-refractivity contribution in [2.45, 2.75) is 37.0 Å². The molecule has 2 aromatic heterocycles. The molecule has 0 bridgehead atoms. The van der Waals surface area contributed by atoms with Gasteiger partial charge in [-0.3, -0.25) is 0 Å². The minimum absolute atomic E-state index is 0.674. The van der Waals surface area contributed by atoms with Gasteiger partial charge in [-0.15, -0.1) is 0 Å². The van der Waals surface area contributed by atoms with Gasteiger partial charge in [0.2, 0.25) is 0 Å². The summed E-state index contributed by atoms with van der Waals surface area (Å²) in [6.45, 7) is 3.80. The summed E-state index contributed by atoms with van der Waals surface area (Å²) in [5, 5.41) is 4.73. The second kappa shape index (κ2) is 6.99. The Morgan fingerprint density at radius 3 is 2.50 bits per heavy atom. The minimum atomic E-state index is -1.90. The summed E-state index contributed by atoms with van der Waals surface area (Å²) in [4.78, 5) is 4.60. The first-order valence-electron chi connectivity index (χ1n) is 11.0. The molecular weight excluding hydrogens is 427 g/mol. The Kier molecular flexibility index (Phi) is 4.24. The number of furan rings is 1. The molecule has 0 atom stereocenters. The van der Waals surface area contributed by atoms with E-state index in [-0.39, 0.29) is 0 Å². The van der Waals surface area contributed by atoms with Crippen molar-refractivity contribution in [2.75, 3.05) is 0 Å². The number of para-hydroxylation sites is 1. The average Bonchev–Trinajstić information content (AvgIpc) is 3.08. The van der Waals surface area contributed by atoms with Crippen LogP contribution in [0, 0.1) is 0 Å². The summed E-state index contributed by atoms with van der Waals surface area (Å²) in [6.07, 6.45) is 1.79. The van der Waals surface area contributed by atoms with Gasteiger partial charge in [-0.2, -0.15) is 0 Å². The summed E-state index contributed by atoms with van der Waals surface area (Å²) in [5.41, 5.74) is 4.51. The van der Waals surface area contributed by atoms with Crippen LogP contribution in [0.2, 0.25) is 17.3 Å². The predicted octanol–water partition coefficient (Wildman–Crippen LogP) is 7.47. The van der Waals surface area contributed by atoms with Gasteiger partial charge in [0.15, 0.2) is 0 Å². The van der Waals surface area contributed by atoms with E-state index in [9.17, 15) is 0 Å². The third kappa shape index (κ3) is 3.24. The third-order valence-corrected chi connectivity index (χ3v) is 10.2. The monoisotopic (exact) mass is 456 g/mol. The first-order chi connectivity index (χ1) is 14.6. The molecule has 0 fully saturated rings. The van der Waals surface area contributed by atoms with Crippen LogP contribution in [0.5, 0.6) is 0 Å². The molecule has 0 aliphatic heterocycles. The Labute approximate surface area is 181 Å². The van der Waals surface area contributed by atoms with Crippen LogP contribution in [0.1, 0.15) is 26.7 Å². The van der Waals surface area contributed by atoms with Crippen molar-refractivity contribution in [1.29, 1.82) is 0 Å². The van der Waals surface area contributed by atoms with E-state index in [4.69, 9.17) is 5.79 Å². The van der Waals surface area contributed by atoms with Gasteiger partial charge in [-0.25, -0.2) is 0 Å². The summed E-state index contributed by atoms with van der Waals surface area (Å²) in [6, 6.07) is 21.5. The van der Waals surface area contributed by atoms with E-state index < -0.39 is 19.2 Å². The van der Waals surface area contributed by atoms with Crippen LogP contribution in [0.4, 0.5) is 0 Å². The van der Waals surface area contributed by atoms with Gasteiger partial charge in [0.1, 0.15) is 0 Å². The Morgan fingerprint density at radius 1 is 0.900 bits per heavy atom. The number of pyridine rings is 1. The van der Waals surface area contributed by atoms with Crippen LogP contribution in [-0.2, 0) is 0 Å². The predicted molar refractivity (Wildman–Crippen MR) is 132 cm³/mol. The summed E-state index contributed by atoms with van der Waals surface area (Å²) in [5.74, 6) is 6.61. The molecule has 2 heterocycles. The molecule has 0 N–H and O–H groups in total. The van der Waals surface area contributed by atoms with Crippen LogP contribution in [0.25, 0.3) is 44.0 Å². The molecule has 2 nitrogen and oxygen atoms in total. The molecule has 0 unspecified atom stereocenters. The molecule has 5 aromatic rings. The van der Waals surface area contributed by atoms with Crippen molar-refractivity contribution in [3.05, 3.63) is 72.4 Å². The number of hydrogen-bond acceptors (Lipinski definition) is 2. The van der Waals surface area contributed by atoms with E-state index >= 15 is 0 Å². The van der Waals surface area contributed by atoms with Crippen molar-refractivity contribution in [1.82, 2.24) is 4.98 Å². The zero-order valence-corrected chi connectivity index (χ0v) is 20.3. The van der Waals surface area contributed by atoms with Gasteiger partial charge < -0.3 is 0 Å². The molecule has 5 rings (SSSR count). The SMILES string of the molecule is [2H]C(C)(C)c1ccnc(-c2cccc3c2oc2cc4cc[c]([Ge]([CH3])([CH3])[CH3])cc4cc23)c1. The molecule has 3 aromatic carbocycles. The van der Waals surface area contributed by atoms with Crippen LogP contribution < -0.4 is 4.40 Å². The van der Waals surface area contributed by atoms with Gasteiger partial charge in [0.25, 0.3) is 0 Å². The first-order valence-corrected chi connectivity index (χ1v) is 17.8. The molecule has 150 valence electrons. The van der Waals surface area contributed by atoms with Gasteiger partial charge in [0.05, 0.1) is 0 Å². The van der Waals surface area contributed by atoms with E-state index in [0.717, 1.165) is 38.8 Å². The first kappa shape index (κ1) is 18.2. The fourth-order valence-electron chi connectivity index (χ4n) is 4.10. The van der Waals surface area contributed by atoms with Crippen LogP contribution >= 0.6 is 0 Å². The Morgan fingerprint density at radius 2 is 1.73 bits per heavy atom. The fraction of sp³-hybridized carbons (Fsp3) is 0.222. The van der Waals surface area contributed by atoms with E-state index in [1.165, 1.54) is 15.2 Å².